The zero-order valence-corrected chi connectivity index (χ0v) is 12.1. The van der Waals surface area contributed by atoms with E-state index in [-0.39, 0.29) is 23.0 Å². The Labute approximate surface area is 122 Å². The fraction of sp³-hybridized carbons (Fsp3) is 0.500. The first-order chi connectivity index (χ1) is 9.90. The summed E-state index contributed by atoms with van der Waals surface area (Å²) in [4.78, 5) is 9.85. The molecule has 1 heterocycles. The van der Waals surface area contributed by atoms with E-state index in [1.165, 1.54) is 6.07 Å². The summed E-state index contributed by atoms with van der Waals surface area (Å²) in [7, 11) is -3.94. The SMILES string of the molecule is Nc1ccc(S(=O)(=O)NCC2CCOCC2)c([N+](=O)[O-])c1. The molecular weight excluding hydrogens is 298 g/mol. The number of sulfonamides is 1. The summed E-state index contributed by atoms with van der Waals surface area (Å²) in [6.45, 7) is 1.45. The fourth-order valence-electron chi connectivity index (χ4n) is 2.16. The first kappa shape index (κ1) is 15.7. The van der Waals surface area contributed by atoms with E-state index < -0.39 is 20.6 Å². The highest BCUT2D eigenvalue weighted by atomic mass is 32.2. The minimum Gasteiger partial charge on any atom is -0.399 e. The largest absolute Gasteiger partial charge is 0.399 e. The average molecular weight is 315 g/mol. The Bertz CT molecular complexity index is 626. The van der Waals surface area contributed by atoms with Crippen LogP contribution in [0.3, 0.4) is 0 Å². The van der Waals surface area contributed by atoms with Gasteiger partial charge in [-0.25, -0.2) is 13.1 Å². The van der Waals surface area contributed by atoms with E-state index in [0.29, 0.717) is 13.2 Å². The van der Waals surface area contributed by atoms with Crippen LogP contribution in [0.1, 0.15) is 12.8 Å². The zero-order chi connectivity index (χ0) is 15.5. The van der Waals surface area contributed by atoms with Crippen LogP contribution in [0.2, 0.25) is 0 Å². The molecule has 0 radical (unpaired) electrons. The number of anilines is 1. The van der Waals surface area contributed by atoms with E-state index in [4.69, 9.17) is 10.5 Å². The molecule has 0 aliphatic carbocycles. The van der Waals surface area contributed by atoms with Gasteiger partial charge in [0.05, 0.1) is 4.92 Å². The minimum atomic E-state index is -3.94. The van der Waals surface area contributed by atoms with Gasteiger partial charge in [-0.1, -0.05) is 0 Å². The minimum absolute atomic E-state index is 0.144. The quantitative estimate of drug-likeness (QED) is 0.472. The maximum Gasteiger partial charge on any atom is 0.291 e. The molecule has 1 fully saturated rings. The van der Waals surface area contributed by atoms with Crippen molar-refractivity contribution in [2.75, 3.05) is 25.5 Å². The first-order valence-electron chi connectivity index (χ1n) is 6.51. The molecule has 1 aliphatic rings. The molecule has 1 aromatic carbocycles. The molecule has 116 valence electrons. The number of hydrogen-bond donors (Lipinski definition) is 2. The number of ether oxygens (including phenoxy) is 1. The van der Waals surface area contributed by atoms with Gasteiger partial charge in [-0.15, -0.1) is 0 Å². The molecule has 0 aromatic heterocycles. The molecule has 1 saturated heterocycles. The van der Waals surface area contributed by atoms with Crippen molar-refractivity contribution in [3.05, 3.63) is 28.3 Å². The molecule has 0 atom stereocenters. The zero-order valence-electron chi connectivity index (χ0n) is 11.3. The van der Waals surface area contributed by atoms with Gasteiger partial charge in [0.1, 0.15) is 0 Å². The summed E-state index contributed by atoms with van der Waals surface area (Å²) in [5.74, 6) is 0.182. The van der Waals surface area contributed by atoms with Gasteiger partial charge in [-0.2, -0.15) is 0 Å². The lowest BCUT2D eigenvalue weighted by Crippen LogP contribution is -2.32. The Balaban J connectivity index is 2.17. The van der Waals surface area contributed by atoms with Gasteiger partial charge in [0.15, 0.2) is 4.90 Å². The van der Waals surface area contributed by atoms with Gasteiger partial charge in [-0.3, -0.25) is 10.1 Å². The Morgan fingerprint density at radius 1 is 1.38 bits per heavy atom. The Morgan fingerprint density at radius 3 is 2.67 bits per heavy atom. The number of rotatable bonds is 5. The average Bonchev–Trinajstić information content (AvgIpc) is 2.46. The Morgan fingerprint density at radius 2 is 2.05 bits per heavy atom. The number of benzene rings is 1. The van der Waals surface area contributed by atoms with Crippen LogP contribution in [-0.2, 0) is 14.8 Å². The third-order valence-corrected chi connectivity index (χ3v) is 4.84. The number of nitrogens with two attached hydrogens (primary N) is 1. The molecule has 0 spiro atoms. The predicted molar refractivity (Wildman–Crippen MR) is 76.2 cm³/mol. The maximum absolute atomic E-state index is 12.2. The molecule has 2 rings (SSSR count). The molecule has 9 heteroatoms. The lowest BCUT2D eigenvalue weighted by Gasteiger charge is -2.22. The van der Waals surface area contributed by atoms with Crippen molar-refractivity contribution >= 4 is 21.4 Å². The summed E-state index contributed by atoms with van der Waals surface area (Å²) in [6, 6.07) is 3.53. The fourth-order valence-corrected chi connectivity index (χ4v) is 3.43. The third-order valence-electron chi connectivity index (χ3n) is 3.37. The summed E-state index contributed by atoms with van der Waals surface area (Å²) in [6.07, 6.45) is 1.54. The number of nitro benzene ring substituents is 1. The highest BCUT2D eigenvalue weighted by Gasteiger charge is 2.27. The Hall–Kier alpha value is -1.71. The molecule has 0 saturated carbocycles. The second-order valence-electron chi connectivity index (χ2n) is 4.89. The van der Waals surface area contributed by atoms with Crippen molar-refractivity contribution in [2.45, 2.75) is 17.7 Å². The lowest BCUT2D eigenvalue weighted by atomic mass is 10.0. The van der Waals surface area contributed by atoms with Crippen molar-refractivity contribution in [3.8, 4) is 0 Å². The molecule has 0 bridgehead atoms. The first-order valence-corrected chi connectivity index (χ1v) is 8.00. The van der Waals surface area contributed by atoms with Gasteiger partial charge in [-0.05, 0) is 30.9 Å². The summed E-state index contributed by atoms with van der Waals surface area (Å²) in [5.41, 5.74) is 5.09. The summed E-state index contributed by atoms with van der Waals surface area (Å²) < 4.78 is 32.1. The highest BCUT2D eigenvalue weighted by molar-refractivity contribution is 7.89. The van der Waals surface area contributed by atoms with Crippen molar-refractivity contribution in [1.82, 2.24) is 4.72 Å². The molecule has 3 N–H and O–H groups in total. The van der Waals surface area contributed by atoms with Crippen LogP contribution < -0.4 is 10.5 Å². The predicted octanol–water partition coefficient (Wildman–Crippen LogP) is 0.882. The molecule has 8 nitrogen and oxygen atoms in total. The number of nitrogens with zero attached hydrogens (tertiary/aromatic N) is 1. The second-order valence-corrected chi connectivity index (χ2v) is 6.63. The maximum atomic E-state index is 12.2. The highest BCUT2D eigenvalue weighted by Crippen LogP contribution is 2.26. The van der Waals surface area contributed by atoms with E-state index in [9.17, 15) is 18.5 Å². The van der Waals surface area contributed by atoms with E-state index in [2.05, 4.69) is 4.72 Å². The number of hydrogen-bond acceptors (Lipinski definition) is 6. The van der Waals surface area contributed by atoms with E-state index in [1.54, 1.807) is 0 Å². The monoisotopic (exact) mass is 315 g/mol. The number of nitrogen functional groups attached to an aromatic ring is 1. The number of nitro groups is 1. The van der Waals surface area contributed by atoms with Crippen molar-refractivity contribution in [1.29, 1.82) is 0 Å². The van der Waals surface area contributed by atoms with Crippen LogP contribution in [-0.4, -0.2) is 33.1 Å². The van der Waals surface area contributed by atoms with Gasteiger partial charge in [0.25, 0.3) is 5.69 Å². The standard InChI is InChI=1S/C12H17N3O5S/c13-10-1-2-12(11(7-10)15(16)17)21(18,19)14-8-9-3-5-20-6-4-9/h1-2,7,9,14H,3-6,8,13H2. The van der Waals surface area contributed by atoms with E-state index in [1.807, 2.05) is 0 Å². The topological polar surface area (TPSA) is 125 Å². The third kappa shape index (κ3) is 3.90. The molecule has 1 aromatic rings. The van der Waals surface area contributed by atoms with Gasteiger partial charge < -0.3 is 10.5 Å². The van der Waals surface area contributed by atoms with Gasteiger partial charge in [0.2, 0.25) is 10.0 Å². The lowest BCUT2D eigenvalue weighted by molar-refractivity contribution is -0.387. The van der Waals surface area contributed by atoms with Crippen LogP contribution >= 0.6 is 0 Å². The molecular formula is C12H17N3O5S. The van der Waals surface area contributed by atoms with Gasteiger partial charge in [0, 0.05) is 31.5 Å². The van der Waals surface area contributed by atoms with Crippen LogP contribution in [0.5, 0.6) is 0 Å². The smallest absolute Gasteiger partial charge is 0.291 e. The molecule has 0 amide bonds. The summed E-state index contributed by atoms with van der Waals surface area (Å²) >= 11 is 0. The normalized spacial score (nSPS) is 16.8. The van der Waals surface area contributed by atoms with Crippen molar-refractivity contribution in [3.63, 3.8) is 0 Å². The Kier molecular flexibility index (Phi) is 4.76. The molecule has 0 unspecified atom stereocenters. The van der Waals surface area contributed by atoms with Crippen molar-refractivity contribution < 1.29 is 18.1 Å². The van der Waals surface area contributed by atoms with Crippen LogP contribution in [0, 0.1) is 16.0 Å². The van der Waals surface area contributed by atoms with E-state index >= 15 is 0 Å². The van der Waals surface area contributed by atoms with Crippen molar-refractivity contribution in [2.24, 2.45) is 5.92 Å². The van der Waals surface area contributed by atoms with E-state index in [0.717, 1.165) is 25.0 Å². The summed E-state index contributed by atoms with van der Waals surface area (Å²) in [5, 5.41) is 11.0. The van der Waals surface area contributed by atoms with Crippen LogP contribution in [0.25, 0.3) is 0 Å². The van der Waals surface area contributed by atoms with Crippen LogP contribution in [0.4, 0.5) is 11.4 Å². The molecule has 1 aliphatic heterocycles. The number of nitrogens with one attached hydrogen (secondary N) is 1. The van der Waals surface area contributed by atoms with Crippen LogP contribution in [0.15, 0.2) is 23.1 Å². The second kappa shape index (κ2) is 6.37. The molecule has 21 heavy (non-hydrogen) atoms. The van der Waals surface area contributed by atoms with Gasteiger partial charge >= 0.3 is 0 Å².